The molecule has 9 heteroatoms. The summed E-state index contributed by atoms with van der Waals surface area (Å²) in [6.07, 6.45) is 6.97. The number of pyridine rings is 1. The predicted octanol–water partition coefficient (Wildman–Crippen LogP) is 4.91. The van der Waals surface area contributed by atoms with Gasteiger partial charge in [-0.15, -0.1) is 24.8 Å². The summed E-state index contributed by atoms with van der Waals surface area (Å²) < 4.78 is 5.74. The monoisotopic (exact) mass is 570 g/mol. The molecule has 3 heterocycles. The van der Waals surface area contributed by atoms with Crippen molar-refractivity contribution in [3.63, 3.8) is 0 Å². The van der Waals surface area contributed by atoms with Gasteiger partial charge in [-0.2, -0.15) is 0 Å². The quantitative estimate of drug-likeness (QED) is 0.437. The number of likely N-dealkylation sites (tertiary alicyclic amines) is 1. The van der Waals surface area contributed by atoms with Gasteiger partial charge in [0.25, 0.3) is 0 Å². The van der Waals surface area contributed by atoms with Gasteiger partial charge in [-0.3, -0.25) is 14.6 Å². The lowest BCUT2D eigenvalue weighted by atomic mass is 9.89. The Kier molecular flexibility index (Phi) is 10.7. The minimum absolute atomic E-state index is 0. The second kappa shape index (κ2) is 13.8. The normalized spacial score (nSPS) is 18.5. The molecular formula is C30H36Cl2N4O3. The number of amides is 2. The standard InChI is InChI=1S/C30H34N4O3.2ClH/c1-33-26-18-24(27(37-2)19-23(26)10-11-28(33)35)20-32-25-9-6-16-34(30(25)22-7-4-3-5-8-22)29(36)17-21-12-14-31-15-13-21;;/h3-5,7-8,12-15,18-19,25,30,32H,6,9-11,16-17,20H2,1-2H3;2*1H. The average Bonchev–Trinajstić information content (AvgIpc) is 2.94. The Morgan fingerprint density at radius 3 is 2.54 bits per heavy atom. The maximum absolute atomic E-state index is 13.5. The van der Waals surface area contributed by atoms with E-state index in [2.05, 4.69) is 34.6 Å². The van der Waals surface area contributed by atoms with Crippen molar-refractivity contribution < 1.29 is 14.3 Å². The summed E-state index contributed by atoms with van der Waals surface area (Å²) in [4.78, 5) is 33.7. The second-order valence-electron chi connectivity index (χ2n) is 9.85. The van der Waals surface area contributed by atoms with Gasteiger partial charge < -0.3 is 19.9 Å². The van der Waals surface area contributed by atoms with Gasteiger partial charge in [0.2, 0.25) is 11.8 Å². The number of carbonyl (C=O) groups is 2. The van der Waals surface area contributed by atoms with E-state index in [9.17, 15) is 9.59 Å². The van der Waals surface area contributed by atoms with E-state index in [0.717, 1.165) is 59.5 Å². The third-order valence-corrected chi connectivity index (χ3v) is 7.58. The zero-order valence-corrected chi connectivity index (χ0v) is 24.0. The summed E-state index contributed by atoms with van der Waals surface area (Å²) in [5.74, 6) is 1.08. The molecule has 0 bridgehead atoms. The summed E-state index contributed by atoms with van der Waals surface area (Å²) >= 11 is 0. The number of piperidine rings is 1. The summed E-state index contributed by atoms with van der Waals surface area (Å²) in [7, 11) is 3.53. The van der Waals surface area contributed by atoms with E-state index in [1.54, 1.807) is 24.4 Å². The van der Waals surface area contributed by atoms with E-state index in [-0.39, 0.29) is 48.7 Å². The molecule has 208 valence electrons. The van der Waals surface area contributed by atoms with E-state index >= 15 is 0 Å². The molecule has 1 saturated heterocycles. The first-order chi connectivity index (χ1) is 18.0. The number of benzene rings is 2. The van der Waals surface area contributed by atoms with Crippen LogP contribution in [0.4, 0.5) is 5.69 Å². The molecule has 1 fully saturated rings. The molecule has 3 aromatic rings. The number of nitrogens with zero attached hydrogens (tertiary/aromatic N) is 3. The van der Waals surface area contributed by atoms with Crippen molar-refractivity contribution in [1.29, 1.82) is 0 Å². The molecule has 5 rings (SSSR count). The lowest BCUT2D eigenvalue weighted by molar-refractivity contribution is -0.135. The molecule has 2 atom stereocenters. The van der Waals surface area contributed by atoms with Gasteiger partial charge in [0.05, 0.1) is 19.6 Å². The van der Waals surface area contributed by atoms with Crippen molar-refractivity contribution in [3.05, 3.63) is 89.2 Å². The fourth-order valence-electron chi connectivity index (χ4n) is 5.61. The van der Waals surface area contributed by atoms with E-state index in [1.807, 2.05) is 42.3 Å². The fourth-order valence-corrected chi connectivity index (χ4v) is 5.61. The lowest BCUT2D eigenvalue weighted by Crippen LogP contribution is -2.50. The largest absolute Gasteiger partial charge is 0.496 e. The number of methoxy groups -OCH3 is 1. The van der Waals surface area contributed by atoms with Crippen LogP contribution in [0, 0.1) is 0 Å². The highest BCUT2D eigenvalue weighted by atomic mass is 35.5. The van der Waals surface area contributed by atoms with Crippen LogP contribution in [-0.2, 0) is 29.0 Å². The number of hydrogen-bond acceptors (Lipinski definition) is 5. The third-order valence-electron chi connectivity index (χ3n) is 7.58. The van der Waals surface area contributed by atoms with Crippen molar-refractivity contribution >= 4 is 42.3 Å². The van der Waals surface area contributed by atoms with Crippen molar-refractivity contribution in [1.82, 2.24) is 15.2 Å². The van der Waals surface area contributed by atoms with Gasteiger partial charge in [-0.25, -0.2) is 0 Å². The number of halogens is 2. The molecule has 2 aliphatic rings. The maximum atomic E-state index is 13.5. The molecular weight excluding hydrogens is 535 g/mol. The minimum Gasteiger partial charge on any atom is -0.496 e. The van der Waals surface area contributed by atoms with Crippen LogP contribution in [0.15, 0.2) is 67.0 Å². The molecule has 2 unspecified atom stereocenters. The van der Waals surface area contributed by atoms with Crippen LogP contribution in [0.25, 0.3) is 0 Å². The Hall–Kier alpha value is -3.13. The Labute approximate surface area is 242 Å². The van der Waals surface area contributed by atoms with Crippen LogP contribution >= 0.6 is 24.8 Å². The highest BCUT2D eigenvalue weighted by Gasteiger charge is 2.35. The first kappa shape index (κ1) is 30.4. The average molecular weight is 572 g/mol. The topological polar surface area (TPSA) is 74.8 Å². The zero-order chi connectivity index (χ0) is 25.8. The number of carbonyl (C=O) groups excluding carboxylic acids is 2. The van der Waals surface area contributed by atoms with E-state index in [4.69, 9.17) is 4.74 Å². The molecule has 2 aromatic carbocycles. The molecule has 2 amide bonds. The van der Waals surface area contributed by atoms with E-state index in [0.29, 0.717) is 19.4 Å². The fraction of sp³-hybridized carbons (Fsp3) is 0.367. The van der Waals surface area contributed by atoms with E-state index < -0.39 is 0 Å². The highest BCUT2D eigenvalue weighted by molar-refractivity contribution is 5.96. The van der Waals surface area contributed by atoms with Crippen molar-refractivity contribution in [2.45, 2.75) is 50.7 Å². The predicted molar refractivity (Wildman–Crippen MR) is 158 cm³/mol. The number of fused-ring (bicyclic) bond motifs is 1. The maximum Gasteiger partial charge on any atom is 0.227 e. The van der Waals surface area contributed by atoms with Crippen molar-refractivity contribution in [2.24, 2.45) is 0 Å². The Balaban J connectivity index is 0.00000210. The number of ether oxygens (including phenoxy) is 1. The molecule has 0 aliphatic carbocycles. The molecule has 39 heavy (non-hydrogen) atoms. The number of rotatable bonds is 7. The highest BCUT2D eigenvalue weighted by Crippen LogP contribution is 2.35. The molecule has 1 aromatic heterocycles. The van der Waals surface area contributed by atoms with Gasteiger partial charge in [0.15, 0.2) is 0 Å². The van der Waals surface area contributed by atoms with Gasteiger partial charge in [-0.05, 0) is 60.2 Å². The van der Waals surface area contributed by atoms with Gasteiger partial charge in [0.1, 0.15) is 5.75 Å². The number of anilines is 1. The molecule has 0 radical (unpaired) electrons. The minimum atomic E-state index is -0.0721. The Morgan fingerprint density at radius 2 is 1.82 bits per heavy atom. The molecule has 1 N–H and O–H groups in total. The van der Waals surface area contributed by atoms with Gasteiger partial charge >= 0.3 is 0 Å². The van der Waals surface area contributed by atoms with Crippen LogP contribution < -0.4 is 15.0 Å². The van der Waals surface area contributed by atoms with Crippen LogP contribution in [0.2, 0.25) is 0 Å². The number of aryl methyl sites for hydroxylation is 1. The summed E-state index contributed by atoms with van der Waals surface area (Å²) in [5, 5.41) is 3.76. The van der Waals surface area contributed by atoms with Crippen LogP contribution in [0.3, 0.4) is 0 Å². The second-order valence-corrected chi connectivity index (χ2v) is 9.85. The number of nitrogens with one attached hydrogen (secondary N) is 1. The number of aromatic nitrogens is 1. The lowest BCUT2D eigenvalue weighted by Gasteiger charge is -2.42. The van der Waals surface area contributed by atoms with Crippen LogP contribution in [-0.4, -0.2) is 48.4 Å². The van der Waals surface area contributed by atoms with E-state index in [1.165, 1.54) is 0 Å². The summed E-state index contributed by atoms with van der Waals surface area (Å²) in [6.45, 7) is 1.32. The van der Waals surface area contributed by atoms with Gasteiger partial charge in [-0.1, -0.05) is 30.3 Å². The first-order valence-electron chi connectivity index (χ1n) is 13.0. The third kappa shape index (κ3) is 6.72. The van der Waals surface area contributed by atoms with Crippen molar-refractivity contribution in [3.8, 4) is 5.75 Å². The summed E-state index contributed by atoms with van der Waals surface area (Å²) in [6, 6.07) is 18.2. The molecule has 0 spiro atoms. The molecule has 2 aliphatic heterocycles. The Bertz CT molecular complexity index is 1260. The van der Waals surface area contributed by atoms with Crippen LogP contribution in [0.1, 0.15) is 47.6 Å². The van der Waals surface area contributed by atoms with Gasteiger partial charge in [0, 0.05) is 56.2 Å². The SMILES string of the molecule is COc1cc2c(cc1CNC1CCCN(C(=O)Cc3ccncc3)C1c1ccccc1)N(C)C(=O)CC2.Cl.Cl. The van der Waals surface area contributed by atoms with Crippen molar-refractivity contribution in [2.75, 3.05) is 25.6 Å². The smallest absolute Gasteiger partial charge is 0.227 e. The molecule has 7 nitrogen and oxygen atoms in total. The summed E-state index contributed by atoms with van der Waals surface area (Å²) in [5.41, 5.74) is 5.20. The number of hydrogen-bond donors (Lipinski definition) is 1. The van der Waals surface area contributed by atoms with Crippen LogP contribution in [0.5, 0.6) is 5.75 Å². The Morgan fingerprint density at radius 1 is 1.08 bits per heavy atom. The molecule has 0 saturated carbocycles. The zero-order valence-electron chi connectivity index (χ0n) is 22.3. The first-order valence-corrected chi connectivity index (χ1v) is 13.0.